The quantitative estimate of drug-likeness (QED) is 0.591. The molecule has 0 aliphatic heterocycles. The second-order valence-electron chi connectivity index (χ2n) is 4.41. The molecule has 68 valence electrons. The van der Waals surface area contributed by atoms with Gasteiger partial charge < -0.3 is 0 Å². The average Bonchev–Trinajstić information content (AvgIpc) is 2.03. The molecular weight excluding hydrogens is 158 g/mol. The molecule has 1 rings (SSSR count). The first-order valence-electron chi connectivity index (χ1n) is 4.46. The maximum absolute atomic E-state index is 8.92. The van der Waals surface area contributed by atoms with Gasteiger partial charge in [-0.25, -0.2) is 0 Å². The number of nitriles is 1. The fourth-order valence-electron chi connectivity index (χ4n) is 1.38. The Kier molecular flexibility index (Phi) is 2.43. The first kappa shape index (κ1) is 9.80. The smallest absolute Gasteiger partial charge is 0.0994 e. The third-order valence-corrected chi connectivity index (χ3v) is 2.10. The number of hydrogen-bond donors (Lipinski definition) is 0. The van der Waals surface area contributed by atoms with Crippen LogP contribution >= 0.6 is 0 Å². The summed E-state index contributed by atoms with van der Waals surface area (Å²) in [5, 5.41) is 8.92. The van der Waals surface area contributed by atoms with E-state index in [1.807, 2.05) is 12.1 Å². The molecule has 0 spiro atoms. The molecule has 0 amide bonds. The second kappa shape index (κ2) is 3.22. The highest BCUT2D eigenvalue weighted by Gasteiger charge is 2.17. The summed E-state index contributed by atoms with van der Waals surface area (Å²) in [4.78, 5) is 0. The summed E-state index contributed by atoms with van der Waals surface area (Å²) in [7, 11) is 0. The van der Waals surface area contributed by atoms with E-state index in [4.69, 9.17) is 5.26 Å². The lowest BCUT2D eigenvalue weighted by molar-refractivity contribution is 0.588. The van der Waals surface area contributed by atoms with Crippen molar-refractivity contribution in [3.8, 4) is 6.07 Å². The van der Waals surface area contributed by atoms with E-state index in [9.17, 15) is 0 Å². The molecule has 1 nitrogen and oxygen atoms in total. The van der Waals surface area contributed by atoms with E-state index in [0.29, 0.717) is 0 Å². The van der Waals surface area contributed by atoms with Crippen molar-refractivity contribution in [2.75, 3.05) is 0 Å². The maximum atomic E-state index is 8.92. The Morgan fingerprint density at radius 1 is 1.23 bits per heavy atom. The van der Waals surface area contributed by atoms with E-state index < -0.39 is 0 Å². The molecule has 0 aromatic heterocycles. The maximum Gasteiger partial charge on any atom is 0.0994 e. The van der Waals surface area contributed by atoms with Crippen LogP contribution in [0.5, 0.6) is 0 Å². The molecule has 1 heteroatoms. The molecule has 0 heterocycles. The van der Waals surface area contributed by atoms with Gasteiger partial charge in [-0.2, -0.15) is 5.26 Å². The van der Waals surface area contributed by atoms with Crippen molar-refractivity contribution in [3.05, 3.63) is 34.9 Å². The van der Waals surface area contributed by atoms with Crippen molar-refractivity contribution in [2.45, 2.75) is 33.1 Å². The van der Waals surface area contributed by atoms with E-state index in [-0.39, 0.29) is 5.41 Å². The summed E-state index contributed by atoms with van der Waals surface area (Å²) in [5.41, 5.74) is 3.19. The standard InChI is InChI=1S/C12H15N/c1-9-5-6-10(8-13)11(7-9)12(2,3)4/h5-7H,1-4H3. The van der Waals surface area contributed by atoms with Gasteiger partial charge in [0.1, 0.15) is 0 Å². The Morgan fingerprint density at radius 2 is 1.85 bits per heavy atom. The highest BCUT2D eigenvalue weighted by Crippen LogP contribution is 2.26. The molecule has 13 heavy (non-hydrogen) atoms. The van der Waals surface area contributed by atoms with Crippen molar-refractivity contribution in [2.24, 2.45) is 0 Å². The first-order chi connectivity index (χ1) is 5.95. The highest BCUT2D eigenvalue weighted by atomic mass is 14.3. The Labute approximate surface area is 80.0 Å². The van der Waals surface area contributed by atoms with Crippen LogP contribution in [0, 0.1) is 18.3 Å². The summed E-state index contributed by atoms with van der Waals surface area (Å²) >= 11 is 0. The molecule has 0 aliphatic carbocycles. The van der Waals surface area contributed by atoms with E-state index in [1.165, 1.54) is 5.56 Å². The van der Waals surface area contributed by atoms with Crippen LogP contribution in [0.25, 0.3) is 0 Å². The molecule has 0 aliphatic rings. The van der Waals surface area contributed by atoms with Crippen LogP contribution < -0.4 is 0 Å². The van der Waals surface area contributed by atoms with Gasteiger partial charge in [0, 0.05) is 0 Å². The van der Waals surface area contributed by atoms with E-state index in [1.54, 1.807) is 0 Å². The zero-order valence-corrected chi connectivity index (χ0v) is 8.68. The van der Waals surface area contributed by atoms with Gasteiger partial charge in [0.25, 0.3) is 0 Å². The molecular formula is C12H15N. The largest absolute Gasteiger partial charge is 0.192 e. The Balaban J connectivity index is 3.35. The molecule has 0 N–H and O–H groups in total. The summed E-state index contributed by atoms with van der Waals surface area (Å²) in [6.07, 6.45) is 0. The van der Waals surface area contributed by atoms with Gasteiger partial charge in [0.2, 0.25) is 0 Å². The molecule has 1 aromatic carbocycles. The molecule has 0 atom stereocenters. The zero-order chi connectivity index (χ0) is 10.1. The average molecular weight is 173 g/mol. The molecule has 0 radical (unpaired) electrons. The van der Waals surface area contributed by atoms with Crippen LogP contribution in [0.4, 0.5) is 0 Å². The Morgan fingerprint density at radius 3 is 2.31 bits per heavy atom. The van der Waals surface area contributed by atoms with Gasteiger partial charge in [0.15, 0.2) is 0 Å². The normalized spacial score (nSPS) is 11.0. The van der Waals surface area contributed by atoms with Crippen LogP contribution in [0.15, 0.2) is 18.2 Å². The van der Waals surface area contributed by atoms with Crippen LogP contribution in [0.3, 0.4) is 0 Å². The Hall–Kier alpha value is -1.29. The van der Waals surface area contributed by atoms with E-state index >= 15 is 0 Å². The highest BCUT2D eigenvalue weighted by molar-refractivity contribution is 5.43. The summed E-state index contributed by atoms with van der Waals surface area (Å²) in [5.74, 6) is 0. The number of rotatable bonds is 0. The summed E-state index contributed by atoms with van der Waals surface area (Å²) in [6, 6.07) is 8.20. The minimum absolute atomic E-state index is 0.0527. The number of hydrogen-bond acceptors (Lipinski definition) is 1. The Bertz CT molecular complexity index is 350. The topological polar surface area (TPSA) is 23.8 Å². The van der Waals surface area contributed by atoms with Crippen LogP contribution in [0.1, 0.15) is 37.5 Å². The molecule has 1 aromatic rings. The van der Waals surface area contributed by atoms with Crippen LogP contribution in [-0.2, 0) is 5.41 Å². The molecule has 0 saturated carbocycles. The fraction of sp³-hybridized carbons (Fsp3) is 0.417. The van der Waals surface area contributed by atoms with Crippen molar-refractivity contribution in [1.29, 1.82) is 5.26 Å². The molecule has 0 bridgehead atoms. The van der Waals surface area contributed by atoms with E-state index in [0.717, 1.165) is 11.1 Å². The second-order valence-corrected chi connectivity index (χ2v) is 4.41. The van der Waals surface area contributed by atoms with Crippen molar-refractivity contribution in [1.82, 2.24) is 0 Å². The van der Waals surface area contributed by atoms with Gasteiger partial charge in [0.05, 0.1) is 11.6 Å². The predicted octanol–water partition coefficient (Wildman–Crippen LogP) is 3.16. The fourth-order valence-corrected chi connectivity index (χ4v) is 1.38. The molecule has 0 unspecified atom stereocenters. The minimum atomic E-state index is 0.0527. The van der Waals surface area contributed by atoms with Gasteiger partial charge >= 0.3 is 0 Å². The molecule has 0 fully saturated rings. The SMILES string of the molecule is Cc1ccc(C#N)c(C(C)(C)C)c1. The van der Waals surface area contributed by atoms with Crippen LogP contribution in [0.2, 0.25) is 0 Å². The third-order valence-electron chi connectivity index (χ3n) is 2.10. The number of nitrogens with zero attached hydrogens (tertiary/aromatic N) is 1. The predicted molar refractivity (Wildman–Crippen MR) is 54.6 cm³/mol. The lowest BCUT2D eigenvalue weighted by Gasteiger charge is -2.20. The molecule has 0 saturated heterocycles. The summed E-state index contributed by atoms with van der Waals surface area (Å²) in [6.45, 7) is 8.43. The lowest BCUT2D eigenvalue weighted by atomic mass is 9.83. The minimum Gasteiger partial charge on any atom is -0.192 e. The van der Waals surface area contributed by atoms with Crippen LogP contribution in [-0.4, -0.2) is 0 Å². The monoisotopic (exact) mass is 173 g/mol. The number of aryl methyl sites for hydroxylation is 1. The third kappa shape index (κ3) is 2.09. The van der Waals surface area contributed by atoms with Crippen molar-refractivity contribution < 1.29 is 0 Å². The van der Waals surface area contributed by atoms with Gasteiger partial charge in [-0.05, 0) is 24.0 Å². The van der Waals surface area contributed by atoms with Gasteiger partial charge in [-0.1, -0.05) is 38.5 Å². The summed E-state index contributed by atoms with van der Waals surface area (Å²) < 4.78 is 0. The lowest BCUT2D eigenvalue weighted by Crippen LogP contribution is -2.13. The zero-order valence-electron chi connectivity index (χ0n) is 8.68. The van der Waals surface area contributed by atoms with Crippen molar-refractivity contribution in [3.63, 3.8) is 0 Å². The number of benzene rings is 1. The first-order valence-corrected chi connectivity index (χ1v) is 4.46. The van der Waals surface area contributed by atoms with Gasteiger partial charge in [-0.3, -0.25) is 0 Å². The van der Waals surface area contributed by atoms with Crippen molar-refractivity contribution >= 4 is 0 Å². The van der Waals surface area contributed by atoms with E-state index in [2.05, 4.69) is 39.8 Å². The van der Waals surface area contributed by atoms with Gasteiger partial charge in [-0.15, -0.1) is 0 Å².